The standard InChI is InChI=1S/C21H29FN6O.HI/c1-16-6-10-27(14-19(16)28-11-9-24-15-28)21(23-2)26-8-7-25-20(29)13-17-4-3-5-18(22)12-17;/h3-5,9,11-12,15-16,19H,6-8,10,13-14H2,1-2H3,(H,23,26)(H,25,29);1H. The number of benzene rings is 1. The van der Waals surface area contributed by atoms with Crippen LogP contribution in [0.3, 0.4) is 0 Å². The van der Waals surface area contributed by atoms with Crippen LogP contribution in [0.1, 0.15) is 24.9 Å². The zero-order valence-corrected chi connectivity index (χ0v) is 19.8. The van der Waals surface area contributed by atoms with Gasteiger partial charge < -0.3 is 20.1 Å². The van der Waals surface area contributed by atoms with Crippen LogP contribution in [-0.4, -0.2) is 59.5 Å². The van der Waals surface area contributed by atoms with E-state index in [1.165, 1.54) is 12.1 Å². The van der Waals surface area contributed by atoms with Crippen molar-refractivity contribution in [1.82, 2.24) is 25.1 Å². The highest BCUT2D eigenvalue weighted by Crippen LogP contribution is 2.27. The van der Waals surface area contributed by atoms with Crippen LogP contribution in [-0.2, 0) is 11.2 Å². The van der Waals surface area contributed by atoms with Gasteiger partial charge >= 0.3 is 0 Å². The maximum Gasteiger partial charge on any atom is 0.224 e. The van der Waals surface area contributed by atoms with Gasteiger partial charge in [0.15, 0.2) is 5.96 Å². The summed E-state index contributed by atoms with van der Waals surface area (Å²) in [5.41, 5.74) is 0.666. The topological polar surface area (TPSA) is 74.6 Å². The summed E-state index contributed by atoms with van der Waals surface area (Å²) in [5.74, 6) is 0.951. The van der Waals surface area contributed by atoms with E-state index >= 15 is 0 Å². The molecule has 3 rings (SSSR count). The Morgan fingerprint density at radius 1 is 1.33 bits per heavy atom. The van der Waals surface area contributed by atoms with Gasteiger partial charge in [-0.25, -0.2) is 9.37 Å². The largest absolute Gasteiger partial charge is 0.354 e. The first-order valence-corrected chi connectivity index (χ1v) is 10.0. The highest BCUT2D eigenvalue weighted by Gasteiger charge is 2.28. The van der Waals surface area contributed by atoms with E-state index in [9.17, 15) is 9.18 Å². The van der Waals surface area contributed by atoms with E-state index < -0.39 is 0 Å². The van der Waals surface area contributed by atoms with Crippen LogP contribution in [0, 0.1) is 11.7 Å². The van der Waals surface area contributed by atoms with E-state index in [2.05, 4.69) is 37.0 Å². The number of nitrogens with one attached hydrogen (secondary N) is 2. The smallest absolute Gasteiger partial charge is 0.224 e. The Bertz CT molecular complexity index is 829. The average Bonchev–Trinajstić information content (AvgIpc) is 3.23. The van der Waals surface area contributed by atoms with Crippen molar-refractivity contribution < 1.29 is 9.18 Å². The van der Waals surface area contributed by atoms with Crippen molar-refractivity contribution in [2.45, 2.75) is 25.8 Å². The Kier molecular flexibility index (Phi) is 9.54. The zero-order valence-electron chi connectivity index (χ0n) is 17.4. The molecule has 9 heteroatoms. The third kappa shape index (κ3) is 6.68. The van der Waals surface area contributed by atoms with Gasteiger partial charge in [0.25, 0.3) is 0 Å². The first kappa shape index (κ1) is 24.1. The predicted octanol–water partition coefficient (Wildman–Crippen LogP) is 2.46. The van der Waals surface area contributed by atoms with Gasteiger partial charge in [-0.05, 0) is 30.0 Å². The summed E-state index contributed by atoms with van der Waals surface area (Å²) in [7, 11) is 1.77. The third-order valence-electron chi connectivity index (χ3n) is 5.32. The number of imidazole rings is 1. The average molecular weight is 528 g/mol. The molecular weight excluding hydrogens is 498 g/mol. The fraction of sp³-hybridized carbons (Fsp3) is 0.476. The molecular formula is C21H30FIN6O. The Labute approximate surface area is 194 Å². The first-order valence-electron chi connectivity index (χ1n) is 10.0. The number of hydrogen-bond donors (Lipinski definition) is 2. The lowest BCUT2D eigenvalue weighted by molar-refractivity contribution is -0.120. The van der Waals surface area contributed by atoms with Gasteiger partial charge in [-0.1, -0.05) is 19.1 Å². The molecule has 0 aliphatic carbocycles. The Morgan fingerprint density at radius 3 is 2.83 bits per heavy atom. The Hall–Kier alpha value is -2.17. The summed E-state index contributed by atoms with van der Waals surface area (Å²) in [6, 6.07) is 6.47. The Morgan fingerprint density at radius 2 is 2.13 bits per heavy atom. The van der Waals surface area contributed by atoms with Crippen LogP contribution in [0.5, 0.6) is 0 Å². The second-order valence-electron chi connectivity index (χ2n) is 7.42. The summed E-state index contributed by atoms with van der Waals surface area (Å²) in [6.07, 6.45) is 6.94. The van der Waals surface area contributed by atoms with E-state index in [1.807, 2.05) is 18.7 Å². The van der Waals surface area contributed by atoms with Gasteiger partial charge in [-0.3, -0.25) is 9.79 Å². The van der Waals surface area contributed by atoms with Crippen molar-refractivity contribution in [2.24, 2.45) is 10.9 Å². The first-order chi connectivity index (χ1) is 14.1. The number of nitrogens with zero attached hydrogens (tertiary/aromatic N) is 4. The minimum Gasteiger partial charge on any atom is -0.354 e. The van der Waals surface area contributed by atoms with Crippen molar-refractivity contribution in [3.05, 3.63) is 54.4 Å². The van der Waals surface area contributed by atoms with Crippen molar-refractivity contribution in [1.29, 1.82) is 0 Å². The van der Waals surface area contributed by atoms with Gasteiger partial charge in [0.2, 0.25) is 5.91 Å². The third-order valence-corrected chi connectivity index (χ3v) is 5.32. The second kappa shape index (κ2) is 11.9. The number of halogens is 2. The van der Waals surface area contributed by atoms with Gasteiger partial charge in [0.05, 0.1) is 18.8 Å². The number of amides is 1. The van der Waals surface area contributed by atoms with Crippen LogP contribution < -0.4 is 10.6 Å². The van der Waals surface area contributed by atoms with Gasteiger partial charge in [0, 0.05) is 45.6 Å². The Balaban J connectivity index is 0.00000320. The molecule has 1 aliphatic heterocycles. The number of carbonyl (C=O) groups excluding carboxylic acids is 1. The van der Waals surface area contributed by atoms with Crippen LogP contribution in [0.25, 0.3) is 0 Å². The fourth-order valence-corrected chi connectivity index (χ4v) is 3.70. The number of hydrogen-bond acceptors (Lipinski definition) is 3. The molecule has 2 atom stereocenters. The number of guanidine groups is 1. The molecule has 0 radical (unpaired) electrons. The van der Waals surface area contributed by atoms with Crippen LogP contribution >= 0.6 is 24.0 Å². The van der Waals surface area contributed by atoms with E-state index in [4.69, 9.17) is 0 Å². The number of rotatable bonds is 6. The molecule has 1 saturated heterocycles. The van der Waals surface area contributed by atoms with Crippen molar-refractivity contribution in [3.8, 4) is 0 Å². The molecule has 0 bridgehead atoms. The van der Waals surface area contributed by atoms with Crippen molar-refractivity contribution >= 4 is 35.8 Å². The summed E-state index contributed by atoms with van der Waals surface area (Å²) in [5, 5.41) is 6.19. The maximum absolute atomic E-state index is 13.2. The van der Waals surface area contributed by atoms with Crippen LogP contribution in [0.2, 0.25) is 0 Å². The van der Waals surface area contributed by atoms with Gasteiger partial charge in [-0.15, -0.1) is 24.0 Å². The number of piperidine rings is 1. The normalized spacial score (nSPS) is 19.2. The lowest BCUT2D eigenvalue weighted by atomic mass is 9.93. The van der Waals surface area contributed by atoms with E-state index in [-0.39, 0.29) is 42.1 Å². The molecule has 1 aromatic carbocycles. The van der Waals surface area contributed by atoms with Gasteiger partial charge in [-0.2, -0.15) is 0 Å². The summed E-state index contributed by atoms with van der Waals surface area (Å²) < 4.78 is 15.4. The highest BCUT2D eigenvalue weighted by atomic mass is 127. The molecule has 1 aliphatic rings. The van der Waals surface area contributed by atoms with Crippen LogP contribution in [0.15, 0.2) is 48.0 Å². The van der Waals surface area contributed by atoms with E-state index in [1.54, 1.807) is 19.2 Å². The highest BCUT2D eigenvalue weighted by molar-refractivity contribution is 14.0. The minimum absolute atomic E-state index is 0. The second-order valence-corrected chi connectivity index (χ2v) is 7.42. The summed E-state index contributed by atoms with van der Waals surface area (Å²) in [4.78, 5) is 22.9. The molecule has 30 heavy (non-hydrogen) atoms. The fourth-order valence-electron chi connectivity index (χ4n) is 3.70. The summed E-state index contributed by atoms with van der Waals surface area (Å²) in [6.45, 7) is 5.12. The molecule has 0 spiro atoms. The molecule has 0 saturated carbocycles. The molecule has 7 nitrogen and oxygen atoms in total. The van der Waals surface area contributed by atoms with Gasteiger partial charge in [0.1, 0.15) is 5.82 Å². The SMILES string of the molecule is CN=C(NCCNC(=O)Cc1cccc(F)c1)N1CCC(C)C(n2ccnc2)C1.I. The number of likely N-dealkylation sites (tertiary alicyclic amines) is 1. The molecule has 2 unspecified atom stereocenters. The van der Waals surface area contributed by atoms with Crippen molar-refractivity contribution in [3.63, 3.8) is 0 Å². The molecule has 2 N–H and O–H groups in total. The molecule has 1 amide bonds. The van der Waals surface area contributed by atoms with Crippen LogP contribution in [0.4, 0.5) is 4.39 Å². The maximum atomic E-state index is 13.2. The van der Waals surface area contributed by atoms with Crippen molar-refractivity contribution in [2.75, 3.05) is 33.2 Å². The zero-order chi connectivity index (χ0) is 20.6. The molecule has 164 valence electrons. The molecule has 2 heterocycles. The molecule has 2 aromatic rings. The van der Waals surface area contributed by atoms with E-state index in [0.717, 1.165) is 25.5 Å². The number of carbonyl (C=O) groups is 1. The molecule has 1 fully saturated rings. The number of aliphatic imine (C=N–C) groups is 1. The lowest BCUT2D eigenvalue weighted by Gasteiger charge is -2.39. The number of aromatic nitrogens is 2. The van der Waals surface area contributed by atoms with E-state index in [0.29, 0.717) is 30.6 Å². The summed E-state index contributed by atoms with van der Waals surface area (Å²) >= 11 is 0. The molecule has 1 aromatic heterocycles. The minimum atomic E-state index is -0.328. The monoisotopic (exact) mass is 528 g/mol. The predicted molar refractivity (Wildman–Crippen MR) is 127 cm³/mol. The lowest BCUT2D eigenvalue weighted by Crippen LogP contribution is -2.50. The quantitative estimate of drug-likeness (QED) is 0.262.